The van der Waals surface area contributed by atoms with Gasteiger partial charge in [0.25, 0.3) is 0 Å². The first-order valence-corrected chi connectivity index (χ1v) is 3.49. The van der Waals surface area contributed by atoms with Crippen LogP contribution in [0, 0.1) is 5.41 Å². The number of hydrogen-bond acceptors (Lipinski definition) is 1. The van der Waals surface area contributed by atoms with E-state index in [2.05, 4.69) is 6.08 Å². The van der Waals surface area contributed by atoms with Crippen LogP contribution < -0.4 is 0 Å². The molecule has 1 heteroatoms. The van der Waals surface area contributed by atoms with Crippen molar-refractivity contribution in [3.63, 3.8) is 0 Å². The quantitative estimate of drug-likeness (QED) is 0.382. The molecule has 2 rings (SSSR count). The highest BCUT2D eigenvalue weighted by atomic mass is 16.1. The largest absolute Gasteiger partial charge is 0.303 e. The summed E-state index contributed by atoms with van der Waals surface area (Å²) in [5.74, 6) is 0. The van der Waals surface area contributed by atoms with Crippen LogP contribution in [0.1, 0.15) is 25.7 Å². The third kappa shape index (κ3) is 0.576. The number of hydrogen-bond donors (Lipinski definition) is 0. The van der Waals surface area contributed by atoms with E-state index in [1.54, 1.807) is 0 Å². The van der Waals surface area contributed by atoms with Gasteiger partial charge < -0.3 is 4.79 Å². The molecule has 0 aromatic rings. The zero-order valence-electron chi connectivity index (χ0n) is 5.39. The number of allylic oxidation sites excluding steroid dienone is 2. The van der Waals surface area contributed by atoms with Gasteiger partial charge in [0.15, 0.2) is 0 Å². The monoisotopic (exact) mass is 122 g/mol. The number of fused-ring (bicyclic) bond motifs is 2. The Labute approximate surface area is 54.8 Å². The normalized spacial score (nSPS) is 38.9. The molecule has 0 aromatic heterocycles. The van der Waals surface area contributed by atoms with Crippen LogP contribution in [0.3, 0.4) is 0 Å². The van der Waals surface area contributed by atoms with Gasteiger partial charge in [0, 0.05) is 5.41 Å². The standard InChI is InChI=1S/C8H10O/c9-6-8-3-1-7(5-8)2-4-8/h1,6H,2-5H2. The minimum absolute atomic E-state index is 0.0787. The van der Waals surface area contributed by atoms with Gasteiger partial charge in [-0.1, -0.05) is 11.6 Å². The topological polar surface area (TPSA) is 17.1 Å². The van der Waals surface area contributed by atoms with Crippen molar-refractivity contribution in [2.75, 3.05) is 0 Å². The van der Waals surface area contributed by atoms with E-state index in [0.717, 1.165) is 25.5 Å². The molecular formula is C8H10O. The van der Waals surface area contributed by atoms with Crippen molar-refractivity contribution in [2.45, 2.75) is 25.7 Å². The molecule has 9 heavy (non-hydrogen) atoms. The molecule has 2 aliphatic rings. The predicted molar refractivity (Wildman–Crippen MR) is 35.0 cm³/mol. The van der Waals surface area contributed by atoms with Crippen molar-refractivity contribution in [1.29, 1.82) is 0 Å². The summed E-state index contributed by atoms with van der Waals surface area (Å²) in [6.45, 7) is 0. The van der Waals surface area contributed by atoms with Gasteiger partial charge in [-0.15, -0.1) is 0 Å². The minimum atomic E-state index is 0.0787. The average Bonchev–Trinajstić information content (AvgIpc) is 2.46. The molecule has 1 nitrogen and oxygen atoms in total. The highest BCUT2D eigenvalue weighted by Gasteiger charge is 2.39. The summed E-state index contributed by atoms with van der Waals surface area (Å²) >= 11 is 0. The Hall–Kier alpha value is -0.590. The second-order valence-corrected chi connectivity index (χ2v) is 3.22. The second-order valence-electron chi connectivity index (χ2n) is 3.22. The molecule has 0 spiro atoms. The molecule has 48 valence electrons. The first-order chi connectivity index (χ1) is 4.35. The number of aldehydes is 1. The van der Waals surface area contributed by atoms with Gasteiger partial charge in [-0.25, -0.2) is 0 Å². The third-order valence-electron chi connectivity index (χ3n) is 2.57. The van der Waals surface area contributed by atoms with Crippen molar-refractivity contribution >= 4 is 6.29 Å². The smallest absolute Gasteiger partial charge is 0.126 e. The van der Waals surface area contributed by atoms with Crippen LogP contribution in [0.15, 0.2) is 11.6 Å². The van der Waals surface area contributed by atoms with Crippen LogP contribution in [-0.2, 0) is 4.79 Å². The fourth-order valence-electron chi connectivity index (χ4n) is 1.88. The molecule has 0 heterocycles. The second kappa shape index (κ2) is 1.47. The lowest BCUT2D eigenvalue weighted by atomic mass is 9.87. The summed E-state index contributed by atoms with van der Waals surface area (Å²) in [4.78, 5) is 10.6. The van der Waals surface area contributed by atoms with Gasteiger partial charge in [-0.05, 0) is 25.7 Å². The van der Waals surface area contributed by atoms with E-state index in [1.165, 1.54) is 12.0 Å². The molecular weight excluding hydrogens is 112 g/mol. The Balaban J connectivity index is 2.31. The maximum Gasteiger partial charge on any atom is 0.126 e. The molecule has 2 bridgehead atoms. The lowest BCUT2D eigenvalue weighted by Gasteiger charge is -2.15. The first kappa shape index (κ1) is 5.21. The molecule has 0 N–H and O–H groups in total. The van der Waals surface area contributed by atoms with Crippen molar-refractivity contribution in [3.8, 4) is 0 Å². The van der Waals surface area contributed by atoms with Crippen molar-refractivity contribution in [2.24, 2.45) is 5.41 Å². The van der Waals surface area contributed by atoms with Gasteiger partial charge in [0.2, 0.25) is 0 Å². The molecule has 1 unspecified atom stereocenters. The summed E-state index contributed by atoms with van der Waals surface area (Å²) in [5.41, 5.74) is 1.59. The number of carbonyl (C=O) groups excluding carboxylic acids is 1. The van der Waals surface area contributed by atoms with Crippen LogP contribution in [-0.4, -0.2) is 6.29 Å². The lowest BCUT2D eigenvalue weighted by molar-refractivity contribution is -0.115. The van der Waals surface area contributed by atoms with E-state index in [4.69, 9.17) is 0 Å². The van der Waals surface area contributed by atoms with E-state index in [1.807, 2.05) is 0 Å². The van der Waals surface area contributed by atoms with E-state index >= 15 is 0 Å². The average molecular weight is 122 g/mol. The first-order valence-electron chi connectivity index (χ1n) is 3.49. The summed E-state index contributed by atoms with van der Waals surface area (Å²) < 4.78 is 0. The summed E-state index contributed by atoms with van der Waals surface area (Å²) in [6.07, 6.45) is 7.77. The maximum absolute atomic E-state index is 10.6. The van der Waals surface area contributed by atoms with E-state index < -0.39 is 0 Å². The Morgan fingerprint density at radius 2 is 2.56 bits per heavy atom. The Morgan fingerprint density at radius 3 is 2.78 bits per heavy atom. The molecule has 0 saturated heterocycles. The van der Waals surface area contributed by atoms with E-state index in [0.29, 0.717) is 0 Å². The van der Waals surface area contributed by atoms with Gasteiger partial charge in [0.05, 0.1) is 0 Å². The zero-order valence-corrected chi connectivity index (χ0v) is 5.39. The molecule has 0 aliphatic heterocycles. The fourth-order valence-corrected chi connectivity index (χ4v) is 1.88. The SMILES string of the molecule is O=CC12CC=C(CC1)C2. The Kier molecular flexibility index (Phi) is 0.850. The van der Waals surface area contributed by atoms with Crippen molar-refractivity contribution < 1.29 is 4.79 Å². The summed E-state index contributed by atoms with van der Waals surface area (Å²) in [6, 6.07) is 0. The molecule has 0 radical (unpaired) electrons. The highest BCUT2D eigenvalue weighted by molar-refractivity contribution is 5.63. The van der Waals surface area contributed by atoms with E-state index in [9.17, 15) is 4.79 Å². The Bertz CT molecular complexity index is 181. The molecule has 2 aliphatic carbocycles. The fraction of sp³-hybridized carbons (Fsp3) is 0.625. The van der Waals surface area contributed by atoms with Crippen LogP contribution >= 0.6 is 0 Å². The van der Waals surface area contributed by atoms with Gasteiger partial charge in [-0.2, -0.15) is 0 Å². The number of rotatable bonds is 1. The maximum atomic E-state index is 10.6. The van der Waals surface area contributed by atoms with Gasteiger partial charge in [-0.3, -0.25) is 0 Å². The number of carbonyl (C=O) groups is 1. The van der Waals surface area contributed by atoms with Crippen LogP contribution in [0.25, 0.3) is 0 Å². The Morgan fingerprint density at radius 1 is 1.67 bits per heavy atom. The minimum Gasteiger partial charge on any atom is -0.303 e. The molecule has 1 atom stereocenters. The zero-order chi connectivity index (χ0) is 6.32. The third-order valence-corrected chi connectivity index (χ3v) is 2.57. The molecule has 0 aromatic carbocycles. The predicted octanol–water partition coefficient (Wildman–Crippen LogP) is 1.69. The molecule has 0 amide bonds. The van der Waals surface area contributed by atoms with Crippen molar-refractivity contribution in [1.82, 2.24) is 0 Å². The highest BCUT2D eigenvalue weighted by Crippen LogP contribution is 2.48. The van der Waals surface area contributed by atoms with Gasteiger partial charge >= 0.3 is 0 Å². The van der Waals surface area contributed by atoms with Crippen molar-refractivity contribution in [3.05, 3.63) is 11.6 Å². The molecule has 1 saturated carbocycles. The van der Waals surface area contributed by atoms with Crippen LogP contribution in [0.4, 0.5) is 0 Å². The van der Waals surface area contributed by atoms with Gasteiger partial charge in [0.1, 0.15) is 6.29 Å². The lowest BCUT2D eigenvalue weighted by Crippen LogP contribution is -2.14. The summed E-state index contributed by atoms with van der Waals surface area (Å²) in [7, 11) is 0. The molecule has 1 fully saturated rings. The van der Waals surface area contributed by atoms with Crippen LogP contribution in [0.2, 0.25) is 0 Å². The van der Waals surface area contributed by atoms with Crippen LogP contribution in [0.5, 0.6) is 0 Å². The van der Waals surface area contributed by atoms with E-state index in [-0.39, 0.29) is 5.41 Å². The summed E-state index contributed by atoms with van der Waals surface area (Å²) in [5, 5.41) is 0.